The Morgan fingerprint density at radius 1 is 1.19 bits per heavy atom. The Labute approximate surface area is 127 Å². The highest BCUT2D eigenvalue weighted by molar-refractivity contribution is 5.98. The van der Waals surface area contributed by atoms with E-state index in [0.717, 1.165) is 17.3 Å². The predicted molar refractivity (Wildman–Crippen MR) is 83.8 cm³/mol. The summed E-state index contributed by atoms with van der Waals surface area (Å²) in [4.78, 5) is 14.5. The van der Waals surface area contributed by atoms with Crippen LogP contribution in [-0.4, -0.2) is 17.0 Å². The first-order valence-electron chi connectivity index (χ1n) is 8.26. The number of hydrogen-bond acceptors (Lipinski definition) is 4. The largest absolute Gasteiger partial charge is 0.265 e. The summed E-state index contributed by atoms with van der Waals surface area (Å²) in [5, 5.41) is 0. The first kappa shape index (κ1) is 14.5. The van der Waals surface area contributed by atoms with Gasteiger partial charge in [-0.15, -0.1) is 0 Å². The fourth-order valence-corrected chi connectivity index (χ4v) is 3.40. The maximum absolute atomic E-state index is 5.70. The molecule has 0 radical (unpaired) electrons. The maximum Gasteiger partial charge on any atom is 0.180 e. The second-order valence-electron chi connectivity index (χ2n) is 6.25. The molecule has 1 atom stereocenters. The van der Waals surface area contributed by atoms with E-state index < -0.39 is 0 Å². The van der Waals surface area contributed by atoms with E-state index in [1.54, 1.807) is 12.4 Å². The van der Waals surface area contributed by atoms with E-state index in [1.165, 1.54) is 44.9 Å². The summed E-state index contributed by atoms with van der Waals surface area (Å²) in [6, 6.07) is 3.92. The average molecular weight is 287 g/mol. The average Bonchev–Trinajstić information content (AvgIpc) is 3.04. The Bertz CT molecular complexity index is 466. The van der Waals surface area contributed by atoms with E-state index >= 15 is 0 Å². The Balaban J connectivity index is 1.54. The molecule has 0 saturated heterocycles. The molecule has 4 nitrogen and oxygen atoms in total. The van der Waals surface area contributed by atoms with Crippen LogP contribution in [0.1, 0.15) is 57.4 Å². The number of aliphatic imine (C=N–C) groups is 1. The minimum Gasteiger partial charge on any atom is -0.265 e. The van der Waals surface area contributed by atoms with Crippen LogP contribution in [0.4, 0.5) is 0 Å². The van der Waals surface area contributed by atoms with Gasteiger partial charge in [0.1, 0.15) is 0 Å². The Morgan fingerprint density at radius 2 is 1.95 bits per heavy atom. The molecule has 1 N–H and O–H groups in total. The number of pyridine rings is 1. The summed E-state index contributed by atoms with van der Waals surface area (Å²) in [6.07, 6.45) is 12.8. The van der Waals surface area contributed by atoms with E-state index in [-0.39, 0.29) is 6.23 Å². The van der Waals surface area contributed by atoms with Gasteiger partial charge in [0, 0.05) is 23.9 Å². The molecule has 4 heteroatoms. The van der Waals surface area contributed by atoms with Crippen LogP contribution in [0.25, 0.3) is 0 Å². The van der Waals surface area contributed by atoms with Crippen LogP contribution in [0.15, 0.2) is 29.5 Å². The van der Waals surface area contributed by atoms with Crippen LogP contribution in [0.3, 0.4) is 0 Å². The Hall–Kier alpha value is -1.42. The molecule has 1 unspecified atom stereocenters. The van der Waals surface area contributed by atoms with Crippen molar-refractivity contribution in [1.29, 1.82) is 0 Å². The standard InChI is InChI=1S/C17H25N3O/c1-2-3-4-13-5-7-15(8-6-13)17-19-16(20-21-17)14-9-11-18-12-10-14/h9-13,15,17H,2-8H2,1H3,(H,19,20). The third kappa shape index (κ3) is 3.62. The zero-order valence-corrected chi connectivity index (χ0v) is 12.8. The summed E-state index contributed by atoms with van der Waals surface area (Å²) in [7, 11) is 0. The van der Waals surface area contributed by atoms with Crippen LogP contribution in [0.2, 0.25) is 0 Å². The SMILES string of the molecule is CCCCC1CCC(C2N=C(c3ccncc3)NO2)CC1. The number of hydroxylamine groups is 1. The highest BCUT2D eigenvalue weighted by Crippen LogP contribution is 2.35. The number of nitrogens with one attached hydrogen (secondary N) is 1. The van der Waals surface area contributed by atoms with Crippen LogP contribution < -0.4 is 5.48 Å². The molecule has 3 rings (SSSR count). The third-order valence-electron chi connectivity index (χ3n) is 4.75. The Morgan fingerprint density at radius 3 is 2.67 bits per heavy atom. The molecule has 1 aromatic rings. The van der Waals surface area contributed by atoms with Gasteiger partial charge in [-0.1, -0.05) is 39.0 Å². The van der Waals surface area contributed by atoms with Gasteiger partial charge in [0.05, 0.1) is 0 Å². The summed E-state index contributed by atoms with van der Waals surface area (Å²) >= 11 is 0. The van der Waals surface area contributed by atoms with Crippen molar-refractivity contribution in [3.8, 4) is 0 Å². The van der Waals surface area contributed by atoms with Crippen molar-refractivity contribution in [3.63, 3.8) is 0 Å². The van der Waals surface area contributed by atoms with E-state index in [1.807, 2.05) is 12.1 Å². The Kier molecular flexibility index (Phi) is 4.86. The molecule has 114 valence electrons. The molecule has 1 fully saturated rings. The van der Waals surface area contributed by atoms with Crippen LogP contribution in [0.5, 0.6) is 0 Å². The van der Waals surface area contributed by atoms with Gasteiger partial charge in [-0.25, -0.2) is 15.3 Å². The van der Waals surface area contributed by atoms with E-state index in [4.69, 9.17) is 9.83 Å². The van der Waals surface area contributed by atoms with E-state index in [9.17, 15) is 0 Å². The molecular weight excluding hydrogens is 262 g/mol. The summed E-state index contributed by atoms with van der Waals surface area (Å²) < 4.78 is 0. The van der Waals surface area contributed by atoms with Gasteiger partial charge in [-0.05, 0) is 30.9 Å². The zero-order valence-electron chi connectivity index (χ0n) is 12.8. The van der Waals surface area contributed by atoms with Gasteiger partial charge in [-0.2, -0.15) is 0 Å². The van der Waals surface area contributed by atoms with Crippen LogP contribution >= 0.6 is 0 Å². The number of aromatic nitrogens is 1. The third-order valence-corrected chi connectivity index (χ3v) is 4.75. The van der Waals surface area contributed by atoms with Crippen molar-refractivity contribution in [1.82, 2.24) is 10.5 Å². The number of unbranched alkanes of at least 4 members (excludes halogenated alkanes) is 1. The lowest BCUT2D eigenvalue weighted by atomic mass is 9.79. The summed E-state index contributed by atoms with van der Waals surface area (Å²) in [6.45, 7) is 2.28. The number of nitrogens with zero attached hydrogens (tertiary/aromatic N) is 2. The lowest BCUT2D eigenvalue weighted by molar-refractivity contribution is -0.0138. The van der Waals surface area contributed by atoms with Crippen molar-refractivity contribution in [2.24, 2.45) is 16.8 Å². The minimum absolute atomic E-state index is 0.0136. The molecule has 1 saturated carbocycles. The van der Waals surface area contributed by atoms with Crippen LogP contribution in [-0.2, 0) is 4.84 Å². The topological polar surface area (TPSA) is 46.5 Å². The van der Waals surface area contributed by atoms with Crippen molar-refractivity contribution in [2.75, 3.05) is 0 Å². The molecule has 1 aromatic heterocycles. The van der Waals surface area contributed by atoms with E-state index in [2.05, 4.69) is 17.4 Å². The highest BCUT2D eigenvalue weighted by atomic mass is 16.7. The number of amidine groups is 1. The maximum atomic E-state index is 5.70. The predicted octanol–water partition coefficient (Wildman–Crippen LogP) is 3.69. The molecule has 1 aliphatic heterocycles. The summed E-state index contributed by atoms with van der Waals surface area (Å²) in [5.74, 6) is 2.34. The second-order valence-corrected chi connectivity index (χ2v) is 6.25. The first-order valence-corrected chi connectivity index (χ1v) is 8.26. The smallest absolute Gasteiger partial charge is 0.180 e. The van der Waals surface area contributed by atoms with Gasteiger partial charge in [0.15, 0.2) is 12.1 Å². The zero-order chi connectivity index (χ0) is 14.5. The molecule has 0 spiro atoms. The minimum atomic E-state index is -0.0136. The lowest BCUT2D eigenvalue weighted by Crippen LogP contribution is -2.27. The van der Waals surface area contributed by atoms with Crippen LogP contribution in [0, 0.1) is 11.8 Å². The molecule has 0 bridgehead atoms. The fraction of sp³-hybridized carbons (Fsp3) is 0.647. The summed E-state index contributed by atoms with van der Waals surface area (Å²) in [5.41, 5.74) is 4.03. The quantitative estimate of drug-likeness (QED) is 0.898. The molecular formula is C17H25N3O. The normalized spacial score (nSPS) is 29.0. The molecule has 1 aliphatic carbocycles. The van der Waals surface area contributed by atoms with Crippen molar-refractivity contribution in [2.45, 2.75) is 58.1 Å². The first-order chi connectivity index (χ1) is 10.4. The van der Waals surface area contributed by atoms with Gasteiger partial charge in [0.25, 0.3) is 0 Å². The molecule has 0 aromatic carbocycles. The van der Waals surface area contributed by atoms with Gasteiger partial charge in [0.2, 0.25) is 0 Å². The molecule has 0 amide bonds. The van der Waals surface area contributed by atoms with Crippen molar-refractivity contribution < 1.29 is 4.84 Å². The van der Waals surface area contributed by atoms with E-state index in [0.29, 0.717) is 5.92 Å². The monoisotopic (exact) mass is 287 g/mol. The van der Waals surface area contributed by atoms with Gasteiger partial charge < -0.3 is 0 Å². The molecule has 2 aliphatic rings. The van der Waals surface area contributed by atoms with Crippen molar-refractivity contribution in [3.05, 3.63) is 30.1 Å². The van der Waals surface area contributed by atoms with Gasteiger partial charge >= 0.3 is 0 Å². The number of hydrogen-bond donors (Lipinski definition) is 1. The second kappa shape index (κ2) is 7.03. The fourth-order valence-electron chi connectivity index (χ4n) is 3.40. The molecule has 2 heterocycles. The van der Waals surface area contributed by atoms with Gasteiger partial charge in [-0.3, -0.25) is 4.98 Å². The van der Waals surface area contributed by atoms with Crippen molar-refractivity contribution >= 4 is 5.84 Å². The lowest BCUT2D eigenvalue weighted by Gasteiger charge is -2.29. The number of rotatable bonds is 5. The molecule has 21 heavy (non-hydrogen) atoms. The highest BCUT2D eigenvalue weighted by Gasteiger charge is 2.31.